The zero-order valence-electron chi connectivity index (χ0n) is 13.0. The van der Waals surface area contributed by atoms with Crippen LogP contribution in [0.2, 0.25) is 0 Å². The summed E-state index contributed by atoms with van der Waals surface area (Å²) >= 11 is 0. The maximum atomic E-state index is 11.9. The first-order chi connectivity index (χ1) is 9.46. The van der Waals surface area contributed by atoms with E-state index in [1.54, 1.807) is 7.11 Å². The van der Waals surface area contributed by atoms with Gasteiger partial charge in [-0.2, -0.15) is 0 Å². The van der Waals surface area contributed by atoms with Gasteiger partial charge >= 0.3 is 0 Å². The molecule has 5 nitrogen and oxygen atoms in total. The molecule has 0 aliphatic carbocycles. The Labute approximate surface area is 123 Å². The number of sulfone groups is 1. The van der Waals surface area contributed by atoms with Crippen molar-refractivity contribution in [3.05, 3.63) is 0 Å². The molecule has 20 heavy (non-hydrogen) atoms. The topological polar surface area (TPSA) is 64.6 Å². The second-order valence-corrected chi connectivity index (χ2v) is 8.00. The van der Waals surface area contributed by atoms with Gasteiger partial charge in [-0.3, -0.25) is 0 Å². The van der Waals surface area contributed by atoms with Crippen LogP contribution in [0.25, 0.3) is 0 Å². The predicted octanol–water partition coefficient (Wildman–Crippen LogP) is 1.23. The van der Waals surface area contributed by atoms with Crippen molar-refractivity contribution < 1.29 is 17.9 Å². The predicted molar refractivity (Wildman–Crippen MR) is 80.8 cm³/mol. The molecule has 1 fully saturated rings. The molecule has 1 aliphatic heterocycles. The van der Waals surface area contributed by atoms with E-state index in [1.165, 1.54) is 0 Å². The van der Waals surface area contributed by atoms with Crippen LogP contribution in [0.1, 0.15) is 33.1 Å². The van der Waals surface area contributed by atoms with E-state index in [9.17, 15) is 8.42 Å². The Morgan fingerprint density at radius 3 is 2.70 bits per heavy atom. The lowest BCUT2D eigenvalue weighted by molar-refractivity contribution is 0.0603. The normalized spacial score (nSPS) is 27.1. The molecule has 120 valence electrons. The van der Waals surface area contributed by atoms with Crippen LogP contribution in [0.15, 0.2) is 0 Å². The van der Waals surface area contributed by atoms with E-state index in [0.717, 1.165) is 26.1 Å². The molecule has 2 unspecified atom stereocenters. The number of hydrogen-bond acceptors (Lipinski definition) is 5. The number of rotatable bonds is 10. The van der Waals surface area contributed by atoms with Gasteiger partial charge in [0.15, 0.2) is 0 Å². The molecule has 0 spiro atoms. The lowest BCUT2D eigenvalue weighted by Gasteiger charge is -2.32. The third-order valence-electron chi connectivity index (χ3n) is 4.22. The summed E-state index contributed by atoms with van der Waals surface area (Å²) < 4.78 is 34.6. The van der Waals surface area contributed by atoms with Crippen molar-refractivity contribution in [3.8, 4) is 0 Å². The first kappa shape index (κ1) is 17.9. The van der Waals surface area contributed by atoms with E-state index < -0.39 is 9.84 Å². The van der Waals surface area contributed by atoms with Gasteiger partial charge in [-0.25, -0.2) is 8.42 Å². The lowest BCUT2D eigenvalue weighted by atomic mass is 9.79. The molecule has 1 aliphatic rings. The van der Waals surface area contributed by atoms with E-state index in [0.29, 0.717) is 19.4 Å². The molecule has 6 heteroatoms. The minimum atomic E-state index is -2.92. The molecule has 0 aromatic carbocycles. The molecule has 0 aromatic heterocycles. The molecule has 0 radical (unpaired) electrons. The maximum Gasteiger partial charge on any atom is 0.150 e. The summed E-state index contributed by atoms with van der Waals surface area (Å²) in [6.45, 7) is 6.92. The average molecular weight is 307 g/mol. The molecule has 1 heterocycles. The average Bonchev–Trinajstić information content (AvgIpc) is 2.75. The van der Waals surface area contributed by atoms with E-state index >= 15 is 0 Å². The van der Waals surface area contributed by atoms with Crippen LogP contribution >= 0.6 is 0 Å². The molecule has 0 bridgehead atoms. The van der Waals surface area contributed by atoms with Gasteiger partial charge in [0.1, 0.15) is 9.84 Å². The highest BCUT2D eigenvalue weighted by Crippen LogP contribution is 2.38. The van der Waals surface area contributed by atoms with Crippen LogP contribution in [0.4, 0.5) is 0 Å². The van der Waals surface area contributed by atoms with Gasteiger partial charge in [-0.15, -0.1) is 0 Å². The highest BCUT2D eigenvalue weighted by molar-refractivity contribution is 7.91. The Balaban J connectivity index is 2.56. The van der Waals surface area contributed by atoms with Crippen molar-refractivity contribution >= 4 is 9.84 Å². The van der Waals surface area contributed by atoms with Gasteiger partial charge in [0.25, 0.3) is 0 Å². The minimum absolute atomic E-state index is 0.0610. The van der Waals surface area contributed by atoms with Gasteiger partial charge in [0.05, 0.1) is 18.5 Å². The largest absolute Gasteiger partial charge is 0.383 e. The first-order valence-electron chi connectivity index (χ1n) is 7.47. The molecule has 1 rings (SSSR count). The van der Waals surface area contributed by atoms with Gasteiger partial charge in [0, 0.05) is 38.0 Å². The Morgan fingerprint density at radius 2 is 2.15 bits per heavy atom. The van der Waals surface area contributed by atoms with Crippen molar-refractivity contribution in [1.29, 1.82) is 0 Å². The summed E-state index contributed by atoms with van der Waals surface area (Å²) in [5, 5.41) is 3.37. The number of nitrogens with one attached hydrogen (secondary N) is 1. The number of methoxy groups -OCH3 is 1. The SMILES string of the molecule is CCCS(=O)(=O)CCC1(CNCCOC)CCOC1C. The Kier molecular flexibility index (Phi) is 7.43. The third-order valence-corrected chi connectivity index (χ3v) is 6.07. The molecule has 1 saturated heterocycles. The summed E-state index contributed by atoms with van der Waals surface area (Å²) in [6.07, 6.45) is 2.40. The summed E-state index contributed by atoms with van der Waals surface area (Å²) in [6, 6.07) is 0. The molecule has 0 aromatic rings. The smallest absolute Gasteiger partial charge is 0.150 e. The Bertz CT molecular complexity index is 371. The van der Waals surface area contributed by atoms with Gasteiger partial charge in [-0.1, -0.05) is 6.92 Å². The van der Waals surface area contributed by atoms with Gasteiger partial charge in [-0.05, 0) is 26.2 Å². The van der Waals surface area contributed by atoms with E-state index in [1.807, 2.05) is 6.92 Å². The fraction of sp³-hybridized carbons (Fsp3) is 1.00. The Hall–Kier alpha value is -0.170. The van der Waals surface area contributed by atoms with Crippen LogP contribution in [-0.4, -0.2) is 59.4 Å². The zero-order chi connectivity index (χ0) is 15.1. The van der Waals surface area contributed by atoms with Gasteiger partial charge in [0.2, 0.25) is 0 Å². The van der Waals surface area contributed by atoms with Crippen LogP contribution in [0, 0.1) is 5.41 Å². The third kappa shape index (κ3) is 5.31. The molecular weight excluding hydrogens is 278 g/mol. The second-order valence-electron chi connectivity index (χ2n) is 5.70. The summed E-state index contributed by atoms with van der Waals surface area (Å²) in [7, 11) is -1.25. The molecule has 1 N–H and O–H groups in total. The number of hydrogen-bond donors (Lipinski definition) is 1. The van der Waals surface area contributed by atoms with Crippen LogP contribution in [0.5, 0.6) is 0 Å². The molecule has 0 saturated carbocycles. The van der Waals surface area contributed by atoms with E-state index in [4.69, 9.17) is 9.47 Å². The van der Waals surface area contributed by atoms with Crippen LogP contribution < -0.4 is 5.32 Å². The van der Waals surface area contributed by atoms with E-state index in [2.05, 4.69) is 12.2 Å². The molecule has 0 amide bonds. The quantitative estimate of drug-likeness (QED) is 0.615. The summed E-state index contributed by atoms with van der Waals surface area (Å²) in [5.74, 6) is 0.552. The highest BCUT2D eigenvalue weighted by atomic mass is 32.2. The van der Waals surface area contributed by atoms with Crippen molar-refractivity contribution in [1.82, 2.24) is 5.32 Å². The first-order valence-corrected chi connectivity index (χ1v) is 9.29. The van der Waals surface area contributed by atoms with Crippen molar-refractivity contribution in [2.45, 2.75) is 39.2 Å². The molecular formula is C14H29NO4S. The van der Waals surface area contributed by atoms with Crippen LogP contribution in [0.3, 0.4) is 0 Å². The van der Waals surface area contributed by atoms with Crippen molar-refractivity contribution in [2.75, 3.05) is 44.9 Å². The standard InChI is InChI=1S/C14H29NO4S/c1-4-10-20(16,17)11-6-14(5-8-19-13(14)2)12-15-7-9-18-3/h13,15H,4-12H2,1-3H3. The lowest BCUT2D eigenvalue weighted by Crippen LogP contribution is -2.42. The second kappa shape index (κ2) is 8.32. The highest BCUT2D eigenvalue weighted by Gasteiger charge is 2.41. The fourth-order valence-electron chi connectivity index (χ4n) is 2.75. The zero-order valence-corrected chi connectivity index (χ0v) is 13.8. The van der Waals surface area contributed by atoms with Crippen molar-refractivity contribution in [3.63, 3.8) is 0 Å². The maximum absolute atomic E-state index is 11.9. The number of ether oxygens (including phenoxy) is 2. The van der Waals surface area contributed by atoms with E-state index in [-0.39, 0.29) is 23.0 Å². The monoisotopic (exact) mass is 307 g/mol. The van der Waals surface area contributed by atoms with Gasteiger partial charge < -0.3 is 14.8 Å². The molecule has 2 atom stereocenters. The summed E-state index contributed by atoms with van der Waals surface area (Å²) in [5.41, 5.74) is -0.0610. The minimum Gasteiger partial charge on any atom is -0.383 e. The summed E-state index contributed by atoms with van der Waals surface area (Å²) in [4.78, 5) is 0. The van der Waals surface area contributed by atoms with Crippen LogP contribution in [-0.2, 0) is 19.3 Å². The Morgan fingerprint density at radius 1 is 1.40 bits per heavy atom. The fourth-order valence-corrected chi connectivity index (χ4v) is 4.29. The van der Waals surface area contributed by atoms with Crippen molar-refractivity contribution in [2.24, 2.45) is 5.41 Å².